The summed E-state index contributed by atoms with van der Waals surface area (Å²) >= 11 is 0. The average molecular weight is 298 g/mol. The molecule has 0 aromatic rings. The highest BCUT2D eigenvalue weighted by molar-refractivity contribution is 5.78. The smallest absolute Gasteiger partial charge is 0.225 e. The molecule has 2 unspecified atom stereocenters. The molecule has 0 aliphatic carbocycles. The highest BCUT2D eigenvalue weighted by Gasteiger charge is 2.24. The molecular weight excluding hydrogens is 264 g/mol. The van der Waals surface area contributed by atoms with Crippen LogP contribution in [0.1, 0.15) is 33.1 Å². The molecule has 124 valence electrons. The van der Waals surface area contributed by atoms with Gasteiger partial charge in [0.2, 0.25) is 5.91 Å². The topological polar surface area (TPSA) is 52.8 Å². The molecule has 0 aromatic carbocycles. The summed E-state index contributed by atoms with van der Waals surface area (Å²) in [6.07, 6.45) is 3.02. The fraction of sp³-hybridized carbons (Fsp3) is 0.938. The van der Waals surface area contributed by atoms with Crippen LogP contribution < -0.4 is 5.73 Å². The average Bonchev–Trinajstić information content (AvgIpc) is 2.44. The van der Waals surface area contributed by atoms with Crippen molar-refractivity contribution in [1.29, 1.82) is 0 Å². The Balaban J connectivity index is 2.24. The molecule has 0 bridgehead atoms. The Bertz CT molecular complexity index is 299. The molecule has 2 N–H and O–H groups in total. The summed E-state index contributed by atoms with van der Waals surface area (Å²) < 4.78 is 0. The summed E-state index contributed by atoms with van der Waals surface area (Å²) in [6.45, 7) is 10.0. The normalized spacial score (nSPS) is 19.8. The second-order valence-electron chi connectivity index (χ2n) is 6.78. The van der Waals surface area contributed by atoms with E-state index in [4.69, 9.17) is 5.73 Å². The predicted molar refractivity (Wildman–Crippen MR) is 88.2 cm³/mol. The molecule has 1 aliphatic rings. The largest absolute Gasteiger partial charge is 0.340 e. The van der Waals surface area contributed by atoms with Crippen molar-refractivity contribution in [3.05, 3.63) is 0 Å². The molecule has 21 heavy (non-hydrogen) atoms. The molecule has 1 fully saturated rings. The van der Waals surface area contributed by atoms with Crippen molar-refractivity contribution in [2.45, 2.75) is 39.2 Å². The van der Waals surface area contributed by atoms with E-state index in [1.807, 2.05) is 11.8 Å². The Labute approximate surface area is 130 Å². The standard InChI is InChI=1S/C16H34N4O/c1-14(6-5-7-15(2)17)16(21)20-12-10-19(11-13-20)9-8-18(3)4/h14-15H,5-13,17H2,1-4H3. The quantitative estimate of drug-likeness (QED) is 0.722. The van der Waals surface area contributed by atoms with Crippen molar-refractivity contribution in [1.82, 2.24) is 14.7 Å². The van der Waals surface area contributed by atoms with Gasteiger partial charge in [0.15, 0.2) is 0 Å². The predicted octanol–water partition coefficient (Wildman–Crippen LogP) is 0.846. The van der Waals surface area contributed by atoms with E-state index in [1.54, 1.807) is 0 Å². The Kier molecular flexibility index (Phi) is 8.22. The maximum atomic E-state index is 12.4. The lowest BCUT2D eigenvalue weighted by Crippen LogP contribution is -2.51. The molecule has 2 atom stereocenters. The van der Waals surface area contributed by atoms with Gasteiger partial charge in [-0.15, -0.1) is 0 Å². The number of likely N-dealkylation sites (N-methyl/N-ethyl adjacent to an activating group) is 1. The fourth-order valence-corrected chi connectivity index (χ4v) is 2.71. The minimum Gasteiger partial charge on any atom is -0.340 e. The third kappa shape index (κ3) is 7.25. The number of piperazine rings is 1. The van der Waals surface area contributed by atoms with Crippen LogP contribution in [0.2, 0.25) is 0 Å². The monoisotopic (exact) mass is 298 g/mol. The number of carbonyl (C=O) groups is 1. The Morgan fingerprint density at radius 3 is 2.29 bits per heavy atom. The van der Waals surface area contributed by atoms with Crippen LogP contribution in [-0.4, -0.2) is 80.0 Å². The van der Waals surface area contributed by atoms with Crippen LogP contribution in [0, 0.1) is 5.92 Å². The Morgan fingerprint density at radius 1 is 1.14 bits per heavy atom. The van der Waals surface area contributed by atoms with E-state index in [-0.39, 0.29) is 12.0 Å². The highest BCUT2D eigenvalue weighted by atomic mass is 16.2. The van der Waals surface area contributed by atoms with Crippen molar-refractivity contribution < 1.29 is 4.79 Å². The molecular formula is C16H34N4O. The van der Waals surface area contributed by atoms with Crippen LogP contribution in [0.3, 0.4) is 0 Å². The van der Waals surface area contributed by atoms with Crippen LogP contribution in [0.4, 0.5) is 0 Å². The molecule has 5 nitrogen and oxygen atoms in total. The van der Waals surface area contributed by atoms with Gasteiger partial charge in [0, 0.05) is 51.2 Å². The zero-order chi connectivity index (χ0) is 15.8. The molecule has 1 heterocycles. The maximum Gasteiger partial charge on any atom is 0.225 e. The fourth-order valence-electron chi connectivity index (χ4n) is 2.71. The van der Waals surface area contributed by atoms with E-state index in [9.17, 15) is 4.79 Å². The molecule has 1 saturated heterocycles. The van der Waals surface area contributed by atoms with Gasteiger partial charge in [-0.3, -0.25) is 9.69 Å². The first-order valence-corrected chi connectivity index (χ1v) is 8.31. The number of hydrogen-bond donors (Lipinski definition) is 1. The van der Waals surface area contributed by atoms with E-state index in [0.29, 0.717) is 5.91 Å². The van der Waals surface area contributed by atoms with Crippen LogP contribution in [0.25, 0.3) is 0 Å². The first-order valence-electron chi connectivity index (χ1n) is 8.31. The Morgan fingerprint density at radius 2 is 1.76 bits per heavy atom. The summed E-state index contributed by atoms with van der Waals surface area (Å²) in [7, 11) is 4.20. The van der Waals surface area contributed by atoms with Crippen LogP contribution in [0.5, 0.6) is 0 Å². The van der Waals surface area contributed by atoms with Crippen molar-refractivity contribution in [3.63, 3.8) is 0 Å². The third-order valence-electron chi connectivity index (χ3n) is 4.27. The third-order valence-corrected chi connectivity index (χ3v) is 4.27. The van der Waals surface area contributed by atoms with E-state index in [0.717, 1.165) is 58.5 Å². The van der Waals surface area contributed by atoms with E-state index in [2.05, 4.69) is 30.8 Å². The van der Waals surface area contributed by atoms with Crippen LogP contribution in [-0.2, 0) is 4.79 Å². The molecule has 0 radical (unpaired) electrons. The van der Waals surface area contributed by atoms with Crippen molar-refractivity contribution in [2.75, 3.05) is 53.4 Å². The number of nitrogens with zero attached hydrogens (tertiary/aromatic N) is 3. The zero-order valence-electron chi connectivity index (χ0n) is 14.3. The van der Waals surface area contributed by atoms with E-state index < -0.39 is 0 Å². The summed E-state index contributed by atoms with van der Waals surface area (Å²) in [4.78, 5) is 19.1. The van der Waals surface area contributed by atoms with Gasteiger partial charge < -0.3 is 15.5 Å². The lowest BCUT2D eigenvalue weighted by Gasteiger charge is -2.36. The number of amides is 1. The maximum absolute atomic E-state index is 12.4. The number of rotatable bonds is 8. The van der Waals surface area contributed by atoms with Gasteiger partial charge in [-0.2, -0.15) is 0 Å². The van der Waals surface area contributed by atoms with E-state index in [1.165, 1.54) is 0 Å². The molecule has 0 saturated carbocycles. The van der Waals surface area contributed by atoms with E-state index >= 15 is 0 Å². The molecule has 1 rings (SSSR count). The molecule has 5 heteroatoms. The lowest BCUT2D eigenvalue weighted by atomic mass is 10.0. The molecule has 0 aromatic heterocycles. The Hall–Kier alpha value is -0.650. The van der Waals surface area contributed by atoms with Gasteiger partial charge in [0.1, 0.15) is 0 Å². The summed E-state index contributed by atoms with van der Waals surface area (Å²) in [5, 5.41) is 0. The minimum absolute atomic E-state index is 0.136. The SMILES string of the molecule is CC(N)CCCC(C)C(=O)N1CCN(CCN(C)C)CC1. The first-order chi connectivity index (χ1) is 9.90. The molecule has 1 amide bonds. The first kappa shape index (κ1) is 18.4. The van der Waals surface area contributed by atoms with Crippen molar-refractivity contribution in [2.24, 2.45) is 11.7 Å². The van der Waals surface area contributed by atoms with Gasteiger partial charge in [0.05, 0.1) is 0 Å². The summed E-state index contributed by atoms with van der Waals surface area (Å²) in [6, 6.07) is 0.243. The zero-order valence-corrected chi connectivity index (χ0v) is 14.3. The second kappa shape index (κ2) is 9.38. The van der Waals surface area contributed by atoms with Gasteiger partial charge in [-0.1, -0.05) is 13.3 Å². The van der Waals surface area contributed by atoms with Crippen molar-refractivity contribution >= 4 is 5.91 Å². The van der Waals surface area contributed by atoms with Gasteiger partial charge in [-0.25, -0.2) is 0 Å². The van der Waals surface area contributed by atoms with Gasteiger partial charge >= 0.3 is 0 Å². The minimum atomic E-state index is 0.136. The number of carbonyl (C=O) groups excluding carboxylic acids is 1. The summed E-state index contributed by atoms with van der Waals surface area (Å²) in [5.41, 5.74) is 5.76. The van der Waals surface area contributed by atoms with Gasteiger partial charge in [-0.05, 0) is 33.9 Å². The van der Waals surface area contributed by atoms with Gasteiger partial charge in [0.25, 0.3) is 0 Å². The lowest BCUT2D eigenvalue weighted by molar-refractivity contribution is -0.137. The molecule has 1 aliphatic heterocycles. The molecule has 0 spiro atoms. The highest BCUT2D eigenvalue weighted by Crippen LogP contribution is 2.14. The summed E-state index contributed by atoms with van der Waals surface area (Å²) in [5.74, 6) is 0.462. The van der Waals surface area contributed by atoms with Crippen molar-refractivity contribution in [3.8, 4) is 0 Å². The number of nitrogens with two attached hydrogens (primary N) is 1. The number of hydrogen-bond acceptors (Lipinski definition) is 4. The van der Waals surface area contributed by atoms with Crippen LogP contribution in [0.15, 0.2) is 0 Å². The second-order valence-corrected chi connectivity index (χ2v) is 6.78. The van der Waals surface area contributed by atoms with Crippen LogP contribution >= 0.6 is 0 Å².